The zero-order valence-electron chi connectivity index (χ0n) is 27.7. The summed E-state index contributed by atoms with van der Waals surface area (Å²) in [7, 11) is 3.69. The largest absolute Gasteiger partial charge is 1.00 e. The minimum absolute atomic E-state index is 0. The Balaban J connectivity index is 0.000000228. The van der Waals surface area contributed by atoms with E-state index in [0.717, 1.165) is 32.8 Å². The number of rotatable bonds is 6. The summed E-state index contributed by atoms with van der Waals surface area (Å²) in [5.74, 6) is 0. The van der Waals surface area contributed by atoms with Crippen LogP contribution in [0, 0.1) is 0 Å². The minimum Gasteiger partial charge on any atom is -0.857 e. The van der Waals surface area contributed by atoms with Gasteiger partial charge in [-0.05, 0) is 76.1 Å². The summed E-state index contributed by atoms with van der Waals surface area (Å²) in [6.45, 7) is 0. The molecule has 5 atom stereocenters. The van der Waals surface area contributed by atoms with Crippen LogP contribution in [-0.4, -0.2) is 44.6 Å². The van der Waals surface area contributed by atoms with Crippen molar-refractivity contribution in [3.63, 3.8) is 0 Å². The fourth-order valence-electron chi connectivity index (χ4n) is 7.14. The van der Waals surface area contributed by atoms with E-state index in [0.29, 0.717) is 0 Å². The number of benzene rings is 4. The van der Waals surface area contributed by atoms with E-state index in [-0.39, 0.29) is 52.2 Å². The molecule has 0 radical (unpaired) electrons. The van der Waals surface area contributed by atoms with E-state index in [1.807, 2.05) is 110 Å². The van der Waals surface area contributed by atoms with Gasteiger partial charge in [0.2, 0.25) is 0 Å². The molecule has 45 heavy (non-hydrogen) atoms. The van der Waals surface area contributed by atoms with Crippen LogP contribution in [0.3, 0.4) is 0 Å². The molecule has 0 amide bonds. The van der Waals surface area contributed by atoms with Crippen LogP contribution in [0.2, 0.25) is 0 Å². The van der Waals surface area contributed by atoms with Crippen molar-refractivity contribution in [2.75, 3.05) is 35.3 Å². The first-order chi connectivity index (χ1) is 21.3. The quantitative estimate of drug-likeness (QED) is 0.184. The van der Waals surface area contributed by atoms with Gasteiger partial charge < -0.3 is 14.2 Å². The molecule has 234 valence electrons. The van der Waals surface area contributed by atoms with Crippen molar-refractivity contribution >= 4 is 14.6 Å². The maximum atomic E-state index is 13.9. The molecule has 2 aliphatic heterocycles. The molecule has 5 nitrogen and oxygen atoms in total. The molecular weight excluding hydrogens is 605 g/mol. The molecule has 2 aliphatic rings. The molecule has 0 saturated carbocycles. The molecular formula is C37H47N2NaO3P2. The second-order valence-corrected chi connectivity index (χ2v) is 18.7. The third kappa shape index (κ3) is 8.03. The first-order valence-corrected chi connectivity index (χ1v) is 19.0. The van der Waals surface area contributed by atoms with Crippen molar-refractivity contribution in [3.05, 3.63) is 144 Å². The van der Waals surface area contributed by atoms with Gasteiger partial charge in [0.15, 0.2) is 14.6 Å². The second-order valence-electron chi connectivity index (χ2n) is 11.9. The maximum Gasteiger partial charge on any atom is 1.00 e. The Kier molecular flexibility index (Phi) is 14.6. The number of hydrogen-bond donors (Lipinski definition) is 0. The standard InChI is InChI=1S/2C18H22NOP.CH3O.Na/c2*1-19(2)21(20)17(15-9-5-3-6-10-15)13-14-18(21)16-11-7-4-8-12-16;1-2;/h2*3-12,17-18H,13-14H2,1-2H3;1H3;/q;;-1;+1/t17-,18+,21?;17-,18-;;/m.1../s1. The van der Waals surface area contributed by atoms with Gasteiger partial charge in [-0.2, -0.15) is 7.11 Å². The van der Waals surface area contributed by atoms with Gasteiger partial charge in [0, 0.05) is 0 Å². The van der Waals surface area contributed by atoms with E-state index in [1.165, 1.54) is 22.3 Å². The third-order valence-corrected chi connectivity index (χ3v) is 17.5. The Morgan fingerprint density at radius 2 is 0.622 bits per heavy atom. The van der Waals surface area contributed by atoms with Gasteiger partial charge in [-0.3, -0.25) is 9.34 Å². The van der Waals surface area contributed by atoms with Crippen molar-refractivity contribution in [3.8, 4) is 0 Å². The van der Waals surface area contributed by atoms with Gasteiger partial charge in [-0.25, -0.2) is 0 Å². The van der Waals surface area contributed by atoms with E-state index >= 15 is 0 Å². The predicted molar refractivity (Wildman–Crippen MR) is 184 cm³/mol. The first-order valence-electron chi connectivity index (χ1n) is 15.4. The van der Waals surface area contributed by atoms with Gasteiger partial charge in [-0.1, -0.05) is 121 Å². The van der Waals surface area contributed by atoms with Crippen molar-refractivity contribution in [1.82, 2.24) is 9.34 Å². The van der Waals surface area contributed by atoms with Gasteiger partial charge >= 0.3 is 29.6 Å². The molecule has 1 unspecified atom stereocenters. The molecule has 4 aromatic rings. The van der Waals surface area contributed by atoms with Crippen LogP contribution < -0.4 is 34.7 Å². The molecule has 0 bridgehead atoms. The summed E-state index contributed by atoms with van der Waals surface area (Å²) < 4.78 is 31.8. The smallest absolute Gasteiger partial charge is 0.857 e. The molecule has 4 aromatic carbocycles. The van der Waals surface area contributed by atoms with E-state index in [1.54, 1.807) is 0 Å². The van der Waals surface area contributed by atoms with E-state index in [2.05, 4.69) is 48.5 Å². The topological polar surface area (TPSA) is 63.7 Å². The van der Waals surface area contributed by atoms with Crippen LogP contribution >= 0.6 is 14.6 Å². The Bertz CT molecular complexity index is 1300. The molecule has 8 heteroatoms. The molecule has 2 fully saturated rings. The Morgan fingerprint density at radius 1 is 0.444 bits per heavy atom. The van der Waals surface area contributed by atoms with Gasteiger partial charge in [0.1, 0.15) is 0 Å². The zero-order valence-corrected chi connectivity index (χ0v) is 31.5. The molecule has 2 heterocycles. The van der Waals surface area contributed by atoms with Gasteiger partial charge in [0.25, 0.3) is 0 Å². The second kappa shape index (κ2) is 17.4. The number of hydrogen-bond acceptors (Lipinski definition) is 3. The molecule has 0 spiro atoms. The van der Waals surface area contributed by atoms with Crippen molar-refractivity contribution < 1.29 is 43.8 Å². The molecule has 2 saturated heterocycles. The summed E-state index contributed by atoms with van der Waals surface area (Å²) in [4.78, 5) is 0. The summed E-state index contributed by atoms with van der Waals surface area (Å²) >= 11 is 0. The molecule has 6 rings (SSSR count). The van der Waals surface area contributed by atoms with Crippen molar-refractivity contribution in [2.24, 2.45) is 0 Å². The molecule has 0 aliphatic carbocycles. The van der Waals surface area contributed by atoms with Crippen LogP contribution in [-0.2, 0) is 9.13 Å². The van der Waals surface area contributed by atoms with Gasteiger partial charge in [-0.15, -0.1) is 0 Å². The summed E-state index contributed by atoms with van der Waals surface area (Å²) in [6.07, 6.45) is 4.00. The summed E-state index contributed by atoms with van der Waals surface area (Å²) in [5.41, 5.74) is 5.47. The monoisotopic (exact) mass is 652 g/mol. The average molecular weight is 653 g/mol. The first kappa shape index (κ1) is 37.7. The molecule has 0 N–H and O–H groups in total. The van der Waals surface area contributed by atoms with Gasteiger partial charge in [0.05, 0.1) is 22.6 Å². The Hall–Kier alpha value is -1.78. The molecule has 0 aromatic heterocycles. The van der Waals surface area contributed by atoms with Crippen LogP contribution in [0.1, 0.15) is 70.6 Å². The normalized spacial score (nSPS) is 25.0. The predicted octanol–water partition coefficient (Wildman–Crippen LogP) is 6.19. The van der Waals surface area contributed by atoms with Crippen LogP contribution in [0.5, 0.6) is 0 Å². The summed E-state index contributed by atoms with van der Waals surface area (Å²) in [5, 5.41) is 8.25. The minimum atomic E-state index is -2.47. The van der Waals surface area contributed by atoms with Crippen LogP contribution in [0.15, 0.2) is 121 Å². The number of nitrogens with zero attached hydrogens (tertiary/aromatic N) is 2. The van der Waals surface area contributed by atoms with E-state index in [9.17, 15) is 9.13 Å². The average Bonchev–Trinajstić information content (AvgIpc) is 3.62. The van der Waals surface area contributed by atoms with Crippen molar-refractivity contribution in [1.29, 1.82) is 0 Å². The maximum absolute atomic E-state index is 13.9. The third-order valence-electron chi connectivity index (χ3n) is 9.20. The fourth-order valence-corrected chi connectivity index (χ4v) is 14.7. The van der Waals surface area contributed by atoms with Crippen LogP contribution in [0.4, 0.5) is 0 Å². The summed E-state index contributed by atoms with van der Waals surface area (Å²) in [6, 6.07) is 41.4. The van der Waals surface area contributed by atoms with E-state index < -0.39 is 14.6 Å². The zero-order chi connectivity index (χ0) is 31.7. The van der Waals surface area contributed by atoms with Crippen molar-refractivity contribution in [2.45, 2.75) is 48.3 Å². The van der Waals surface area contributed by atoms with Crippen LogP contribution in [0.25, 0.3) is 0 Å². The fraction of sp³-hybridized carbons (Fsp3) is 0.351. The van der Waals surface area contributed by atoms with E-state index in [4.69, 9.17) is 5.11 Å². The Morgan fingerprint density at radius 3 is 0.778 bits per heavy atom. The Labute approximate surface area is 293 Å². The SMILES string of the molecule is CN(C)P1(=O)[C@@H](c2ccccc2)CC[C@@H]1c1ccccc1.CN(C)P1(=O)[C@@H](c2ccccc2)CC[C@H]1c1ccccc1.C[O-].[Na+].